The van der Waals surface area contributed by atoms with E-state index in [1.165, 1.54) is 42.3 Å². The average molecular weight is 713 g/mol. The molecule has 0 saturated carbocycles. The van der Waals surface area contributed by atoms with E-state index in [0.717, 1.165) is 19.9 Å². The van der Waals surface area contributed by atoms with Crippen LogP contribution in [0.5, 0.6) is 5.75 Å². The molecule has 0 aromatic heterocycles. The molecule has 4 rings (SSSR count). The number of hydrogen-bond acceptors (Lipinski definition) is 5. The van der Waals surface area contributed by atoms with Crippen molar-refractivity contribution in [1.82, 2.24) is 10.2 Å². The van der Waals surface area contributed by atoms with Crippen LogP contribution in [0.1, 0.15) is 25.0 Å². The molecule has 0 spiro atoms. The molecule has 0 radical (unpaired) electrons. The Morgan fingerprint density at radius 2 is 1.56 bits per heavy atom. The third-order valence-corrected chi connectivity index (χ3v) is 9.48. The van der Waals surface area contributed by atoms with Gasteiger partial charge in [-0.3, -0.25) is 13.9 Å². The van der Waals surface area contributed by atoms with E-state index in [-0.39, 0.29) is 35.5 Å². The van der Waals surface area contributed by atoms with Gasteiger partial charge >= 0.3 is 0 Å². The summed E-state index contributed by atoms with van der Waals surface area (Å²) in [4.78, 5) is 29.7. The number of amides is 2. The standard InChI is InChI=1S/C34H35BrClN3O5S/c1-24(2)37-34(41)32(20-25-9-5-4-6-10-25)38(22-26-11-7-12-27(35)19-26)33(40)23-39(29-14-8-13-28(36)21-29)45(42,43)31-17-15-30(44-3)16-18-31/h4-19,21,24,32H,20,22-23H2,1-3H3,(H,37,41). The number of hydrogen-bond donors (Lipinski definition) is 1. The molecule has 0 heterocycles. The first-order valence-corrected chi connectivity index (χ1v) is 16.9. The van der Waals surface area contributed by atoms with Crippen LogP contribution in [0.2, 0.25) is 5.02 Å². The van der Waals surface area contributed by atoms with E-state index in [1.54, 1.807) is 18.2 Å². The maximum atomic E-state index is 14.5. The van der Waals surface area contributed by atoms with Gasteiger partial charge in [-0.1, -0.05) is 76.1 Å². The van der Waals surface area contributed by atoms with E-state index in [2.05, 4.69) is 21.2 Å². The summed E-state index contributed by atoms with van der Waals surface area (Å²) in [6.07, 6.45) is 0.224. The number of rotatable bonds is 13. The van der Waals surface area contributed by atoms with Crippen LogP contribution in [0.15, 0.2) is 112 Å². The second-order valence-corrected chi connectivity index (χ2v) is 13.9. The Balaban J connectivity index is 1.81. The zero-order chi connectivity index (χ0) is 32.6. The maximum absolute atomic E-state index is 14.5. The minimum absolute atomic E-state index is 0.0343. The number of anilines is 1. The van der Waals surface area contributed by atoms with Crippen LogP contribution in [0.25, 0.3) is 0 Å². The normalized spacial score (nSPS) is 12.0. The molecular weight excluding hydrogens is 678 g/mol. The van der Waals surface area contributed by atoms with Crippen molar-refractivity contribution in [3.8, 4) is 5.75 Å². The van der Waals surface area contributed by atoms with E-state index in [1.807, 2.05) is 68.4 Å². The van der Waals surface area contributed by atoms with Gasteiger partial charge in [-0.25, -0.2) is 8.42 Å². The Bertz CT molecular complexity index is 1720. The first-order valence-electron chi connectivity index (χ1n) is 14.3. The topological polar surface area (TPSA) is 96.0 Å². The van der Waals surface area contributed by atoms with Crippen LogP contribution < -0.4 is 14.4 Å². The van der Waals surface area contributed by atoms with Crippen LogP contribution in [-0.2, 0) is 32.6 Å². The van der Waals surface area contributed by atoms with E-state index in [0.29, 0.717) is 10.8 Å². The quantitative estimate of drug-likeness (QED) is 0.172. The monoisotopic (exact) mass is 711 g/mol. The lowest BCUT2D eigenvalue weighted by Gasteiger charge is -2.34. The highest BCUT2D eigenvalue weighted by molar-refractivity contribution is 9.10. The minimum Gasteiger partial charge on any atom is -0.497 e. The van der Waals surface area contributed by atoms with Crippen molar-refractivity contribution in [3.63, 3.8) is 0 Å². The van der Waals surface area contributed by atoms with Crippen LogP contribution in [0.3, 0.4) is 0 Å². The highest BCUT2D eigenvalue weighted by Gasteiger charge is 2.35. The number of nitrogens with one attached hydrogen (secondary N) is 1. The average Bonchev–Trinajstić information content (AvgIpc) is 3.01. The summed E-state index contributed by atoms with van der Waals surface area (Å²) in [5.41, 5.74) is 1.83. The van der Waals surface area contributed by atoms with Gasteiger partial charge in [0.05, 0.1) is 17.7 Å². The summed E-state index contributed by atoms with van der Waals surface area (Å²) in [6.45, 7) is 3.18. The van der Waals surface area contributed by atoms with E-state index in [4.69, 9.17) is 16.3 Å². The van der Waals surface area contributed by atoms with E-state index < -0.39 is 28.5 Å². The summed E-state index contributed by atoms with van der Waals surface area (Å²) in [6, 6.07) is 27.9. The molecule has 45 heavy (non-hydrogen) atoms. The number of carbonyl (C=O) groups excluding carboxylic acids is 2. The van der Waals surface area contributed by atoms with Crippen LogP contribution >= 0.6 is 27.5 Å². The molecule has 4 aromatic rings. The predicted molar refractivity (Wildman–Crippen MR) is 181 cm³/mol. The lowest BCUT2D eigenvalue weighted by molar-refractivity contribution is -0.140. The number of benzene rings is 4. The van der Waals surface area contributed by atoms with Crippen LogP contribution in [0, 0.1) is 0 Å². The van der Waals surface area contributed by atoms with Gasteiger partial charge in [0, 0.05) is 28.5 Å². The molecule has 0 saturated heterocycles. The minimum atomic E-state index is -4.26. The fourth-order valence-corrected chi connectivity index (χ4v) is 6.84. The lowest BCUT2D eigenvalue weighted by atomic mass is 10.0. The molecular formula is C34H35BrClN3O5S. The zero-order valence-electron chi connectivity index (χ0n) is 25.2. The molecule has 8 nitrogen and oxygen atoms in total. The molecule has 4 aromatic carbocycles. The Labute approximate surface area is 278 Å². The van der Waals surface area contributed by atoms with E-state index in [9.17, 15) is 18.0 Å². The van der Waals surface area contributed by atoms with Gasteiger partial charge in [-0.15, -0.1) is 0 Å². The summed E-state index contributed by atoms with van der Waals surface area (Å²) in [5, 5.41) is 3.26. The number of sulfonamides is 1. The van der Waals surface area contributed by atoms with Crippen molar-refractivity contribution < 1.29 is 22.7 Å². The molecule has 11 heteroatoms. The van der Waals surface area contributed by atoms with Gasteiger partial charge in [0.2, 0.25) is 11.8 Å². The number of nitrogens with zero attached hydrogens (tertiary/aromatic N) is 2. The van der Waals surface area contributed by atoms with Gasteiger partial charge in [-0.2, -0.15) is 0 Å². The van der Waals surface area contributed by atoms with Crippen molar-refractivity contribution in [3.05, 3.63) is 124 Å². The third kappa shape index (κ3) is 9.09. The Hall–Kier alpha value is -3.86. The SMILES string of the molecule is COc1ccc(S(=O)(=O)N(CC(=O)N(Cc2cccc(Br)c2)C(Cc2ccccc2)C(=O)NC(C)C)c2cccc(Cl)c2)cc1. The molecule has 1 atom stereocenters. The van der Waals surface area contributed by atoms with Gasteiger partial charge in [0.1, 0.15) is 18.3 Å². The van der Waals surface area contributed by atoms with Gasteiger partial charge in [0.25, 0.3) is 10.0 Å². The summed E-state index contributed by atoms with van der Waals surface area (Å²) in [5.74, 6) is -0.421. The second kappa shape index (κ2) is 15.4. The van der Waals surface area contributed by atoms with Crippen LogP contribution in [-0.4, -0.2) is 50.9 Å². The maximum Gasteiger partial charge on any atom is 0.264 e. The molecule has 0 aliphatic carbocycles. The molecule has 2 amide bonds. The van der Waals surface area contributed by atoms with Crippen LogP contribution in [0.4, 0.5) is 5.69 Å². The van der Waals surface area contributed by atoms with Gasteiger partial charge in [0.15, 0.2) is 0 Å². The predicted octanol–water partition coefficient (Wildman–Crippen LogP) is 6.47. The lowest BCUT2D eigenvalue weighted by Crippen LogP contribution is -2.54. The second-order valence-electron chi connectivity index (χ2n) is 10.7. The van der Waals surface area contributed by atoms with Gasteiger partial charge < -0.3 is 15.0 Å². The van der Waals surface area contributed by atoms with Gasteiger partial charge in [-0.05, 0) is 79.6 Å². The summed E-state index contributed by atoms with van der Waals surface area (Å²) < 4.78 is 35.3. The van der Waals surface area contributed by atoms with Crippen molar-refractivity contribution in [2.45, 2.75) is 43.8 Å². The zero-order valence-corrected chi connectivity index (χ0v) is 28.3. The highest BCUT2D eigenvalue weighted by atomic mass is 79.9. The molecule has 0 aliphatic rings. The first-order chi connectivity index (χ1) is 21.5. The fourth-order valence-electron chi connectivity index (χ4n) is 4.80. The first kappa shape index (κ1) is 34.0. The Morgan fingerprint density at radius 3 is 2.18 bits per heavy atom. The number of carbonyl (C=O) groups is 2. The van der Waals surface area contributed by atoms with Crippen molar-refractivity contribution in [1.29, 1.82) is 0 Å². The smallest absolute Gasteiger partial charge is 0.264 e. The molecule has 1 N–H and O–H groups in total. The highest BCUT2D eigenvalue weighted by Crippen LogP contribution is 2.28. The summed E-state index contributed by atoms with van der Waals surface area (Å²) in [7, 11) is -2.78. The molecule has 0 aliphatic heterocycles. The fraction of sp³-hybridized carbons (Fsp3) is 0.235. The van der Waals surface area contributed by atoms with Crippen molar-refractivity contribution >= 4 is 55.1 Å². The molecule has 236 valence electrons. The number of methoxy groups -OCH3 is 1. The number of halogens is 2. The molecule has 0 bridgehead atoms. The largest absolute Gasteiger partial charge is 0.497 e. The number of ether oxygens (including phenoxy) is 1. The Kier molecular flexibility index (Phi) is 11.7. The third-order valence-electron chi connectivity index (χ3n) is 6.97. The van der Waals surface area contributed by atoms with Crippen molar-refractivity contribution in [2.24, 2.45) is 0 Å². The molecule has 1 unspecified atom stereocenters. The molecule has 0 fully saturated rings. The summed E-state index contributed by atoms with van der Waals surface area (Å²) >= 11 is 9.78. The van der Waals surface area contributed by atoms with Crippen molar-refractivity contribution in [2.75, 3.05) is 18.0 Å². The Morgan fingerprint density at radius 1 is 0.889 bits per heavy atom. The van der Waals surface area contributed by atoms with E-state index >= 15 is 0 Å².